The zero-order valence-corrected chi connectivity index (χ0v) is 28.4. The normalized spacial score (nSPS) is 17.0. The molecule has 48 heavy (non-hydrogen) atoms. The van der Waals surface area contributed by atoms with Crippen molar-refractivity contribution in [1.82, 2.24) is 19.6 Å². The van der Waals surface area contributed by atoms with Crippen molar-refractivity contribution in [2.24, 2.45) is 0 Å². The second-order valence-corrected chi connectivity index (χ2v) is 12.5. The quantitative estimate of drug-likeness (QED) is 0.156. The molecule has 4 heteroatoms. The summed E-state index contributed by atoms with van der Waals surface area (Å²) in [5, 5.41) is 0. The smallest absolute Gasteiger partial charge is 0.0167 e. The van der Waals surface area contributed by atoms with Crippen LogP contribution in [0.2, 0.25) is 0 Å². The maximum atomic E-state index is 2.63. The summed E-state index contributed by atoms with van der Waals surface area (Å²) in [4.78, 5) is 10.5. The molecular weight excluding hydrogens is 585 g/mol. The molecule has 0 spiro atoms. The average molecular weight is 637 g/mol. The topological polar surface area (TPSA) is 13.0 Å². The fraction of sp³-hybridized carbons (Fsp3) is 0.273. The van der Waals surface area contributed by atoms with Crippen molar-refractivity contribution in [3.63, 3.8) is 0 Å². The lowest BCUT2D eigenvalue weighted by molar-refractivity contribution is 0.154. The molecule has 4 aromatic rings. The summed E-state index contributed by atoms with van der Waals surface area (Å²) in [5.74, 6) is 0. The fourth-order valence-corrected chi connectivity index (χ4v) is 5.92. The van der Waals surface area contributed by atoms with E-state index in [1.54, 1.807) is 0 Å². The predicted octanol–water partition coefficient (Wildman–Crippen LogP) is 8.06. The van der Waals surface area contributed by atoms with Gasteiger partial charge in [-0.25, -0.2) is 0 Å². The van der Waals surface area contributed by atoms with E-state index in [1.807, 2.05) is 0 Å². The van der Waals surface area contributed by atoms with Crippen molar-refractivity contribution in [1.29, 1.82) is 0 Å². The summed E-state index contributed by atoms with van der Waals surface area (Å²) in [7, 11) is 0. The molecule has 1 aliphatic rings. The molecule has 1 fully saturated rings. The van der Waals surface area contributed by atoms with Gasteiger partial charge in [-0.2, -0.15) is 0 Å². The van der Waals surface area contributed by atoms with Crippen LogP contribution in [0.25, 0.3) is 24.3 Å². The van der Waals surface area contributed by atoms with Crippen LogP contribution in [-0.4, -0.2) is 98.1 Å². The Morgan fingerprint density at radius 2 is 0.479 bits per heavy atom. The van der Waals surface area contributed by atoms with Gasteiger partial charge >= 0.3 is 0 Å². The first-order valence-corrected chi connectivity index (χ1v) is 17.6. The molecule has 0 unspecified atom stereocenters. The van der Waals surface area contributed by atoms with Gasteiger partial charge in [0.25, 0.3) is 0 Å². The Hall–Kier alpha value is -4.32. The molecule has 4 aromatic carbocycles. The maximum absolute atomic E-state index is 2.63. The molecule has 248 valence electrons. The van der Waals surface area contributed by atoms with Crippen LogP contribution >= 0.6 is 0 Å². The van der Waals surface area contributed by atoms with Crippen LogP contribution in [0, 0.1) is 0 Å². The van der Waals surface area contributed by atoms with Gasteiger partial charge in [-0.15, -0.1) is 0 Å². The summed E-state index contributed by atoms with van der Waals surface area (Å²) < 4.78 is 0. The molecule has 1 saturated heterocycles. The average Bonchev–Trinajstić information content (AvgIpc) is 3.13. The molecule has 0 aliphatic carbocycles. The highest BCUT2D eigenvalue weighted by molar-refractivity contribution is 5.50. The van der Waals surface area contributed by atoms with Crippen molar-refractivity contribution in [3.8, 4) is 0 Å². The second kappa shape index (κ2) is 20.8. The summed E-state index contributed by atoms with van der Waals surface area (Å²) in [5.41, 5.74) is 5.03. The van der Waals surface area contributed by atoms with Crippen LogP contribution in [0.15, 0.2) is 146 Å². The summed E-state index contributed by atoms with van der Waals surface area (Å²) in [6, 6.07) is 42.6. The van der Waals surface area contributed by atoms with Crippen molar-refractivity contribution in [2.75, 3.05) is 78.5 Å². The molecular formula is C44H52N4. The number of rotatable bonds is 12. The Balaban J connectivity index is 1.29. The van der Waals surface area contributed by atoms with E-state index in [-0.39, 0.29) is 0 Å². The van der Waals surface area contributed by atoms with E-state index in [4.69, 9.17) is 0 Å². The van der Waals surface area contributed by atoms with Crippen LogP contribution in [0.5, 0.6) is 0 Å². The lowest BCUT2D eigenvalue weighted by Crippen LogP contribution is -2.46. The second-order valence-electron chi connectivity index (χ2n) is 12.5. The van der Waals surface area contributed by atoms with Gasteiger partial charge < -0.3 is 0 Å². The summed E-state index contributed by atoms with van der Waals surface area (Å²) >= 11 is 0. The Bertz CT molecular complexity index is 1280. The summed E-state index contributed by atoms with van der Waals surface area (Å²) in [6.45, 7) is 12.1. The largest absolute Gasteiger partial charge is 0.297 e. The predicted molar refractivity (Wildman–Crippen MR) is 208 cm³/mol. The minimum Gasteiger partial charge on any atom is -0.297 e. The first-order chi connectivity index (χ1) is 23.8. The van der Waals surface area contributed by atoms with Crippen LogP contribution in [0.3, 0.4) is 0 Å². The van der Waals surface area contributed by atoms with E-state index in [9.17, 15) is 0 Å². The van der Waals surface area contributed by atoms with Gasteiger partial charge in [0.2, 0.25) is 0 Å². The van der Waals surface area contributed by atoms with Crippen LogP contribution in [-0.2, 0) is 0 Å². The van der Waals surface area contributed by atoms with Gasteiger partial charge in [0.1, 0.15) is 0 Å². The Labute approximate surface area is 289 Å². The van der Waals surface area contributed by atoms with Crippen molar-refractivity contribution >= 4 is 24.3 Å². The zero-order chi connectivity index (χ0) is 32.9. The molecule has 4 nitrogen and oxygen atoms in total. The fourth-order valence-electron chi connectivity index (χ4n) is 5.92. The van der Waals surface area contributed by atoms with Gasteiger partial charge in [0.15, 0.2) is 0 Å². The van der Waals surface area contributed by atoms with E-state index in [2.05, 4.69) is 190 Å². The van der Waals surface area contributed by atoms with Gasteiger partial charge in [0.05, 0.1) is 0 Å². The third kappa shape index (κ3) is 13.4. The maximum Gasteiger partial charge on any atom is 0.0167 e. The van der Waals surface area contributed by atoms with Crippen LogP contribution < -0.4 is 0 Å². The third-order valence-corrected chi connectivity index (χ3v) is 8.82. The first kappa shape index (κ1) is 35.0. The van der Waals surface area contributed by atoms with Crippen molar-refractivity contribution < 1.29 is 0 Å². The molecule has 1 aliphatic heterocycles. The van der Waals surface area contributed by atoms with Gasteiger partial charge in [0, 0.05) is 78.5 Å². The van der Waals surface area contributed by atoms with Gasteiger partial charge in [-0.05, 0) is 22.3 Å². The molecule has 0 atom stereocenters. The molecule has 0 radical (unpaired) electrons. The third-order valence-electron chi connectivity index (χ3n) is 8.82. The highest BCUT2D eigenvalue weighted by Gasteiger charge is 2.15. The molecule has 0 saturated carbocycles. The first-order valence-electron chi connectivity index (χ1n) is 17.6. The zero-order valence-electron chi connectivity index (χ0n) is 28.4. The SMILES string of the molecule is C(=C/c1ccccc1)/CN1CCN(C/C=C/c2ccccc2)CCN(C/C=C/c2ccccc2)CCN(C/C=C/c2ccccc2)CC1. The van der Waals surface area contributed by atoms with Crippen molar-refractivity contribution in [2.45, 2.75) is 0 Å². The number of benzene rings is 4. The Morgan fingerprint density at radius 1 is 0.292 bits per heavy atom. The molecule has 0 amide bonds. The van der Waals surface area contributed by atoms with E-state index in [0.717, 1.165) is 78.5 Å². The molecule has 5 rings (SSSR count). The number of hydrogen-bond donors (Lipinski definition) is 0. The van der Waals surface area contributed by atoms with Crippen molar-refractivity contribution in [3.05, 3.63) is 168 Å². The highest BCUT2D eigenvalue weighted by Crippen LogP contribution is 2.08. The minimum absolute atomic E-state index is 0.951. The van der Waals surface area contributed by atoms with Crippen LogP contribution in [0.4, 0.5) is 0 Å². The van der Waals surface area contributed by atoms with E-state index in [0.29, 0.717) is 0 Å². The van der Waals surface area contributed by atoms with Gasteiger partial charge in [-0.1, -0.05) is 170 Å². The molecule has 0 aromatic heterocycles. The lowest BCUT2D eigenvalue weighted by Gasteiger charge is -2.33. The monoisotopic (exact) mass is 636 g/mol. The van der Waals surface area contributed by atoms with E-state index < -0.39 is 0 Å². The lowest BCUT2D eigenvalue weighted by atomic mass is 10.2. The number of hydrogen-bond acceptors (Lipinski definition) is 4. The molecule has 0 bridgehead atoms. The summed E-state index contributed by atoms with van der Waals surface area (Å²) in [6.07, 6.45) is 18.4. The highest BCUT2D eigenvalue weighted by atomic mass is 15.3. The van der Waals surface area contributed by atoms with E-state index >= 15 is 0 Å². The number of nitrogens with zero attached hydrogens (tertiary/aromatic N) is 4. The molecule has 0 N–H and O–H groups in total. The Morgan fingerprint density at radius 3 is 0.667 bits per heavy atom. The molecule has 1 heterocycles. The van der Waals surface area contributed by atoms with E-state index in [1.165, 1.54) is 22.3 Å². The standard InChI is InChI=1S/C44H52N4/c1-5-17-41(18-6-1)25-13-29-45-33-35-46(30-14-26-42-19-7-2-8-20-42)37-39-48(32-16-28-44-23-11-4-12-24-44)40-38-47(36-34-45)31-15-27-43-21-9-3-10-22-43/h1-28H,29-40H2/b25-13-,26-14+,27-15+,28-16+. The minimum atomic E-state index is 0.951. The van der Waals surface area contributed by atoms with Crippen LogP contribution in [0.1, 0.15) is 22.3 Å². The van der Waals surface area contributed by atoms with Gasteiger partial charge in [-0.3, -0.25) is 19.6 Å². The Kier molecular flexibility index (Phi) is 15.2.